The summed E-state index contributed by atoms with van der Waals surface area (Å²) in [7, 11) is 0. The van der Waals surface area contributed by atoms with E-state index in [0.717, 1.165) is 35.5 Å². The topological polar surface area (TPSA) is 0 Å². The number of hydrogen-bond donors (Lipinski definition) is 0. The molecule has 0 amide bonds. The molecule has 2 rings (SSSR count). The van der Waals surface area contributed by atoms with Crippen LogP contribution in [-0.2, 0) is 0 Å². The van der Waals surface area contributed by atoms with Gasteiger partial charge in [0.1, 0.15) is 0 Å². The van der Waals surface area contributed by atoms with Gasteiger partial charge in [-0.15, -0.1) is 6.58 Å². The third kappa shape index (κ3) is 1.26. The van der Waals surface area contributed by atoms with Gasteiger partial charge in [0, 0.05) is 0 Å². The molecule has 0 saturated heterocycles. The minimum Gasteiger partial charge on any atom is -0.103 e. The number of hydrogen-bond acceptors (Lipinski definition) is 0. The summed E-state index contributed by atoms with van der Waals surface area (Å²) in [5.74, 6) is 5.60. The van der Waals surface area contributed by atoms with Gasteiger partial charge in [0.2, 0.25) is 0 Å². The molecule has 0 spiro atoms. The highest BCUT2D eigenvalue weighted by Crippen LogP contribution is 2.56. The van der Waals surface area contributed by atoms with Crippen molar-refractivity contribution in [1.82, 2.24) is 0 Å². The molecule has 2 fully saturated rings. The van der Waals surface area contributed by atoms with E-state index in [4.69, 9.17) is 0 Å². The Balaban J connectivity index is 2.18. The van der Waals surface area contributed by atoms with Crippen LogP contribution in [0.5, 0.6) is 0 Å². The van der Waals surface area contributed by atoms with Crippen molar-refractivity contribution in [3.63, 3.8) is 0 Å². The quantitative estimate of drug-likeness (QED) is 0.577. The minimum atomic E-state index is 0.779. The van der Waals surface area contributed by atoms with E-state index >= 15 is 0 Å². The fourth-order valence-corrected chi connectivity index (χ4v) is 4.28. The summed E-state index contributed by atoms with van der Waals surface area (Å²) in [6.07, 6.45) is 6.59. The molecule has 0 aromatic rings. The van der Waals surface area contributed by atoms with Gasteiger partial charge < -0.3 is 0 Å². The zero-order valence-electron chi connectivity index (χ0n) is 9.87. The van der Waals surface area contributed by atoms with Crippen molar-refractivity contribution in [3.8, 4) is 0 Å². The van der Waals surface area contributed by atoms with Crippen LogP contribution in [0.25, 0.3) is 0 Å². The van der Waals surface area contributed by atoms with Crippen LogP contribution in [0.1, 0.15) is 40.0 Å². The van der Waals surface area contributed by atoms with E-state index in [2.05, 4.69) is 33.4 Å². The van der Waals surface area contributed by atoms with Gasteiger partial charge in [-0.25, -0.2) is 0 Å². The Hall–Kier alpha value is -0.260. The molecule has 0 N–H and O–H groups in total. The molecule has 0 aromatic heterocycles. The van der Waals surface area contributed by atoms with Gasteiger partial charge >= 0.3 is 0 Å². The second kappa shape index (κ2) is 3.72. The van der Waals surface area contributed by atoms with Crippen molar-refractivity contribution in [3.05, 3.63) is 12.7 Å². The first-order chi connectivity index (χ1) is 6.70. The Bertz CT molecular complexity index is 218. The number of allylic oxidation sites excluding steroid dienone is 1. The van der Waals surface area contributed by atoms with Crippen molar-refractivity contribution in [2.24, 2.45) is 35.5 Å². The van der Waals surface area contributed by atoms with Gasteiger partial charge in [0.25, 0.3) is 0 Å². The summed E-state index contributed by atoms with van der Waals surface area (Å²) < 4.78 is 0. The maximum absolute atomic E-state index is 4.04. The zero-order valence-corrected chi connectivity index (χ0v) is 9.87. The normalized spacial score (nSPS) is 51.9. The summed E-state index contributed by atoms with van der Waals surface area (Å²) >= 11 is 0. The summed E-state index contributed by atoms with van der Waals surface area (Å²) in [6.45, 7) is 11.3. The summed E-state index contributed by atoms with van der Waals surface area (Å²) in [5, 5.41) is 0. The standard InChI is InChI=1S/C14H24/c1-5-11-9(3)12(6-2)14-8-7-13(14)10(11)4/h5,9-14H,1,6-8H2,2-4H3. The van der Waals surface area contributed by atoms with Gasteiger partial charge in [-0.05, 0) is 48.3 Å². The monoisotopic (exact) mass is 192 g/mol. The molecular weight excluding hydrogens is 168 g/mol. The summed E-state index contributed by atoms with van der Waals surface area (Å²) in [6, 6.07) is 0. The molecule has 0 aromatic carbocycles. The first kappa shape index (κ1) is 10.3. The number of fused-ring (bicyclic) bond motifs is 1. The molecule has 80 valence electrons. The van der Waals surface area contributed by atoms with Crippen molar-refractivity contribution >= 4 is 0 Å². The fourth-order valence-electron chi connectivity index (χ4n) is 4.28. The third-order valence-electron chi connectivity index (χ3n) is 5.24. The highest BCUT2D eigenvalue weighted by molar-refractivity contribution is 5.03. The lowest BCUT2D eigenvalue weighted by Crippen LogP contribution is -2.48. The van der Waals surface area contributed by atoms with Gasteiger partial charge in [-0.1, -0.05) is 33.3 Å². The van der Waals surface area contributed by atoms with E-state index in [-0.39, 0.29) is 0 Å². The predicted molar refractivity (Wildman–Crippen MR) is 62.0 cm³/mol. The molecule has 6 unspecified atom stereocenters. The second-order valence-electron chi connectivity index (χ2n) is 5.51. The molecule has 0 aliphatic heterocycles. The van der Waals surface area contributed by atoms with Gasteiger partial charge in [-0.2, -0.15) is 0 Å². The first-order valence-corrected chi connectivity index (χ1v) is 6.33. The maximum Gasteiger partial charge on any atom is -0.0179 e. The Morgan fingerprint density at radius 2 is 1.79 bits per heavy atom. The molecule has 0 heterocycles. The zero-order chi connectivity index (χ0) is 10.3. The van der Waals surface area contributed by atoms with Crippen LogP contribution in [-0.4, -0.2) is 0 Å². The summed E-state index contributed by atoms with van der Waals surface area (Å²) in [5.41, 5.74) is 0. The van der Waals surface area contributed by atoms with Gasteiger partial charge in [-0.3, -0.25) is 0 Å². The molecule has 6 atom stereocenters. The van der Waals surface area contributed by atoms with E-state index in [1.807, 2.05) is 0 Å². The fraction of sp³-hybridized carbons (Fsp3) is 0.857. The molecule has 2 aliphatic rings. The SMILES string of the molecule is C=CC1C(C)C(CC)C2CCC2C1C. The second-order valence-corrected chi connectivity index (χ2v) is 5.51. The van der Waals surface area contributed by atoms with Crippen molar-refractivity contribution in [1.29, 1.82) is 0 Å². The molecule has 0 bridgehead atoms. The average molecular weight is 192 g/mol. The Labute approximate surface area is 88.8 Å². The molecular formula is C14H24. The predicted octanol–water partition coefficient (Wildman–Crippen LogP) is 4.13. The smallest absolute Gasteiger partial charge is 0.0179 e. The van der Waals surface area contributed by atoms with Crippen molar-refractivity contribution in [2.75, 3.05) is 0 Å². The largest absolute Gasteiger partial charge is 0.103 e. The van der Waals surface area contributed by atoms with E-state index in [0.29, 0.717) is 0 Å². The molecule has 0 heteroatoms. The molecule has 2 aliphatic carbocycles. The Morgan fingerprint density at radius 3 is 2.21 bits per heavy atom. The van der Waals surface area contributed by atoms with E-state index in [1.54, 1.807) is 0 Å². The van der Waals surface area contributed by atoms with Crippen molar-refractivity contribution in [2.45, 2.75) is 40.0 Å². The Kier molecular flexibility index (Phi) is 2.72. The highest BCUT2D eigenvalue weighted by Gasteiger charge is 2.48. The van der Waals surface area contributed by atoms with Crippen LogP contribution in [0.2, 0.25) is 0 Å². The lowest BCUT2D eigenvalue weighted by molar-refractivity contribution is -0.0521. The van der Waals surface area contributed by atoms with E-state index in [9.17, 15) is 0 Å². The van der Waals surface area contributed by atoms with Crippen LogP contribution in [0, 0.1) is 35.5 Å². The summed E-state index contributed by atoms with van der Waals surface area (Å²) in [4.78, 5) is 0. The average Bonchev–Trinajstić information content (AvgIpc) is 2.11. The number of rotatable bonds is 2. The van der Waals surface area contributed by atoms with E-state index < -0.39 is 0 Å². The lowest BCUT2D eigenvalue weighted by atomic mass is 9.50. The Morgan fingerprint density at radius 1 is 1.14 bits per heavy atom. The van der Waals surface area contributed by atoms with Gasteiger partial charge in [0.05, 0.1) is 0 Å². The third-order valence-corrected chi connectivity index (χ3v) is 5.24. The van der Waals surface area contributed by atoms with Crippen LogP contribution >= 0.6 is 0 Å². The van der Waals surface area contributed by atoms with Crippen LogP contribution in [0.4, 0.5) is 0 Å². The molecule has 14 heavy (non-hydrogen) atoms. The molecule has 0 nitrogen and oxygen atoms in total. The molecule has 0 radical (unpaired) electrons. The van der Waals surface area contributed by atoms with Crippen LogP contribution in [0.3, 0.4) is 0 Å². The van der Waals surface area contributed by atoms with Crippen molar-refractivity contribution < 1.29 is 0 Å². The maximum atomic E-state index is 4.04. The highest BCUT2D eigenvalue weighted by atomic mass is 14.5. The minimum absolute atomic E-state index is 0.779. The van der Waals surface area contributed by atoms with Crippen LogP contribution in [0.15, 0.2) is 12.7 Å². The van der Waals surface area contributed by atoms with Crippen LogP contribution < -0.4 is 0 Å². The van der Waals surface area contributed by atoms with Gasteiger partial charge in [0.15, 0.2) is 0 Å². The van der Waals surface area contributed by atoms with E-state index in [1.165, 1.54) is 19.3 Å². The first-order valence-electron chi connectivity index (χ1n) is 6.33. The lowest BCUT2D eigenvalue weighted by Gasteiger charge is -2.55. The molecule has 2 saturated carbocycles.